The molecule has 2 atom stereocenters. The van der Waals surface area contributed by atoms with E-state index in [9.17, 15) is 0 Å². The molecule has 3 nitrogen and oxygen atoms in total. The van der Waals surface area contributed by atoms with Gasteiger partial charge in [0.25, 0.3) is 0 Å². The van der Waals surface area contributed by atoms with Gasteiger partial charge in [-0.1, -0.05) is 26.7 Å². The first-order valence-electron chi connectivity index (χ1n) is 8.59. The zero-order valence-electron chi connectivity index (χ0n) is 13.7. The Kier molecular flexibility index (Phi) is 5.88. The first-order valence-corrected chi connectivity index (χ1v) is 8.59. The van der Waals surface area contributed by atoms with Crippen LogP contribution in [-0.2, 0) is 4.74 Å². The minimum Gasteiger partial charge on any atom is -0.381 e. The summed E-state index contributed by atoms with van der Waals surface area (Å²) in [6, 6.07) is 0. The largest absolute Gasteiger partial charge is 0.381 e. The summed E-state index contributed by atoms with van der Waals surface area (Å²) in [6.45, 7) is 8.66. The van der Waals surface area contributed by atoms with Crippen LogP contribution in [0.2, 0.25) is 0 Å². The van der Waals surface area contributed by atoms with Gasteiger partial charge in [-0.25, -0.2) is 0 Å². The van der Waals surface area contributed by atoms with Gasteiger partial charge in [-0.05, 0) is 50.5 Å². The third-order valence-corrected chi connectivity index (χ3v) is 5.86. The Bertz CT molecular complexity index is 289. The number of nitrogens with zero attached hydrogens (tertiary/aromatic N) is 1. The van der Waals surface area contributed by atoms with Crippen LogP contribution >= 0.6 is 0 Å². The van der Waals surface area contributed by atoms with Gasteiger partial charge in [0.05, 0.1) is 0 Å². The number of ether oxygens (including phenoxy) is 1. The van der Waals surface area contributed by atoms with Gasteiger partial charge < -0.3 is 10.5 Å². The van der Waals surface area contributed by atoms with Crippen LogP contribution in [0.25, 0.3) is 0 Å². The van der Waals surface area contributed by atoms with E-state index < -0.39 is 0 Å². The molecular weight excluding hydrogens is 248 g/mol. The number of hydrogen-bond acceptors (Lipinski definition) is 3. The molecule has 0 aromatic heterocycles. The lowest BCUT2D eigenvalue weighted by Crippen LogP contribution is -2.60. The normalized spacial score (nSPS) is 33.0. The average molecular weight is 282 g/mol. The van der Waals surface area contributed by atoms with Gasteiger partial charge >= 0.3 is 0 Å². The molecule has 2 fully saturated rings. The van der Waals surface area contributed by atoms with Crippen LogP contribution in [0.5, 0.6) is 0 Å². The van der Waals surface area contributed by atoms with Crippen molar-refractivity contribution >= 4 is 0 Å². The molecule has 2 unspecified atom stereocenters. The summed E-state index contributed by atoms with van der Waals surface area (Å²) < 4.78 is 5.49. The highest BCUT2D eigenvalue weighted by Gasteiger charge is 2.44. The second-order valence-electron chi connectivity index (χ2n) is 7.34. The lowest BCUT2D eigenvalue weighted by molar-refractivity contribution is -0.0204. The molecule has 118 valence electrons. The number of hydrogen-bond donors (Lipinski definition) is 1. The zero-order chi connectivity index (χ0) is 14.6. The Labute approximate surface area is 125 Å². The van der Waals surface area contributed by atoms with Crippen LogP contribution in [0.4, 0.5) is 0 Å². The summed E-state index contributed by atoms with van der Waals surface area (Å²) in [5.74, 6) is 2.29. The van der Waals surface area contributed by atoms with Crippen molar-refractivity contribution in [1.29, 1.82) is 0 Å². The van der Waals surface area contributed by atoms with Gasteiger partial charge in [-0.15, -0.1) is 0 Å². The summed E-state index contributed by atoms with van der Waals surface area (Å²) in [5, 5.41) is 0. The maximum Gasteiger partial charge on any atom is 0.0469 e. The molecule has 0 aromatic carbocycles. The Morgan fingerprint density at radius 3 is 2.50 bits per heavy atom. The Morgan fingerprint density at radius 2 is 1.90 bits per heavy atom. The fourth-order valence-electron chi connectivity index (χ4n) is 4.58. The second kappa shape index (κ2) is 7.24. The van der Waals surface area contributed by atoms with Crippen LogP contribution in [-0.4, -0.2) is 43.8 Å². The molecule has 20 heavy (non-hydrogen) atoms. The van der Waals surface area contributed by atoms with E-state index in [1.807, 2.05) is 0 Å². The quantitative estimate of drug-likeness (QED) is 0.842. The molecule has 0 spiro atoms. The highest BCUT2D eigenvalue weighted by molar-refractivity contribution is 5.00. The molecule has 2 aliphatic rings. The summed E-state index contributed by atoms with van der Waals surface area (Å²) in [6.07, 6.45) is 7.81. The van der Waals surface area contributed by atoms with Crippen molar-refractivity contribution in [3.05, 3.63) is 0 Å². The highest BCUT2D eigenvalue weighted by atomic mass is 16.5. The van der Waals surface area contributed by atoms with Crippen molar-refractivity contribution in [2.24, 2.45) is 23.5 Å². The lowest BCUT2D eigenvalue weighted by Gasteiger charge is -2.52. The lowest BCUT2D eigenvalue weighted by atomic mass is 9.66. The van der Waals surface area contributed by atoms with Crippen LogP contribution in [0.3, 0.4) is 0 Å². The third-order valence-electron chi connectivity index (χ3n) is 5.86. The molecule has 3 heteroatoms. The van der Waals surface area contributed by atoms with Crippen molar-refractivity contribution in [1.82, 2.24) is 4.90 Å². The topological polar surface area (TPSA) is 38.5 Å². The summed E-state index contributed by atoms with van der Waals surface area (Å²) in [4.78, 5) is 2.63. The molecule has 1 aliphatic heterocycles. The first-order chi connectivity index (χ1) is 9.60. The van der Waals surface area contributed by atoms with Crippen LogP contribution in [0.1, 0.15) is 52.4 Å². The fourth-order valence-corrected chi connectivity index (χ4v) is 4.58. The van der Waals surface area contributed by atoms with E-state index in [-0.39, 0.29) is 5.54 Å². The number of rotatable bonds is 5. The van der Waals surface area contributed by atoms with Crippen LogP contribution < -0.4 is 5.73 Å². The molecule has 2 rings (SSSR count). The molecule has 0 radical (unpaired) electrons. The summed E-state index contributed by atoms with van der Waals surface area (Å²) in [5.41, 5.74) is 6.55. The molecule has 1 aliphatic carbocycles. The zero-order valence-corrected chi connectivity index (χ0v) is 13.7. The van der Waals surface area contributed by atoms with Crippen LogP contribution in [0, 0.1) is 17.8 Å². The smallest absolute Gasteiger partial charge is 0.0469 e. The van der Waals surface area contributed by atoms with Gasteiger partial charge in [-0.2, -0.15) is 0 Å². The molecule has 2 N–H and O–H groups in total. The molecule has 1 saturated heterocycles. The van der Waals surface area contributed by atoms with Gasteiger partial charge in [0.2, 0.25) is 0 Å². The minimum absolute atomic E-state index is 0.241. The predicted octanol–water partition coefficient (Wildman–Crippen LogP) is 2.89. The van der Waals surface area contributed by atoms with Gasteiger partial charge in [0.1, 0.15) is 0 Å². The Hall–Kier alpha value is -0.120. The maximum atomic E-state index is 6.31. The van der Waals surface area contributed by atoms with E-state index in [1.54, 1.807) is 0 Å². The van der Waals surface area contributed by atoms with Crippen molar-refractivity contribution in [2.75, 3.05) is 33.4 Å². The Morgan fingerprint density at radius 1 is 1.20 bits per heavy atom. The first kappa shape index (κ1) is 16.3. The SMILES string of the molecule is CC(C)C1CCCCC1(CN)N(C)CC1CCOCC1. The Balaban J connectivity index is 2.06. The van der Waals surface area contributed by atoms with Crippen molar-refractivity contribution in [2.45, 2.75) is 57.9 Å². The van der Waals surface area contributed by atoms with Gasteiger partial charge in [0, 0.05) is 31.8 Å². The van der Waals surface area contributed by atoms with Crippen molar-refractivity contribution in [3.63, 3.8) is 0 Å². The van der Waals surface area contributed by atoms with E-state index >= 15 is 0 Å². The third kappa shape index (κ3) is 3.37. The van der Waals surface area contributed by atoms with Gasteiger partial charge in [-0.3, -0.25) is 4.90 Å². The van der Waals surface area contributed by atoms with E-state index in [4.69, 9.17) is 10.5 Å². The monoisotopic (exact) mass is 282 g/mol. The maximum absolute atomic E-state index is 6.31. The molecule has 1 saturated carbocycles. The predicted molar refractivity (Wildman–Crippen MR) is 84.8 cm³/mol. The molecule has 1 heterocycles. The second-order valence-corrected chi connectivity index (χ2v) is 7.34. The summed E-state index contributed by atoms with van der Waals surface area (Å²) >= 11 is 0. The fraction of sp³-hybridized carbons (Fsp3) is 1.00. The standard InChI is InChI=1S/C17H34N2O/c1-14(2)16-6-4-5-9-17(16,13-18)19(3)12-15-7-10-20-11-8-15/h14-16H,4-13,18H2,1-3H3. The average Bonchev–Trinajstić information content (AvgIpc) is 2.47. The van der Waals surface area contributed by atoms with E-state index in [2.05, 4.69) is 25.8 Å². The number of likely N-dealkylation sites (N-methyl/N-ethyl adjacent to an activating group) is 1. The number of nitrogens with two attached hydrogens (primary N) is 1. The summed E-state index contributed by atoms with van der Waals surface area (Å²) in [7, 11) is 2.32. The van der Waals surface area contributed by atoms with Crippen molar-refractivity contribution in [3.8, 4) is 0 Å². The van der Waals surface area contributed by atoms with E-state index in [0.29, 0.717) is 0 Å². The van der Waals surface area contributed by atoms with Crippen molar-refractivity contribution < 1.29 is 4.74 Å². The highest BCUT2D eigenvalue weighted by Crippen LogP contribution is 2.42. The van der Waals surface area contributed by atoms with Gasteiger partial charge in [0.15, 0.2) is 0 Å². The van der Waals surface area contributed by atoms with Crippen LogP contribution in [0.15, 0.2) is 0 Å². The molecule has 0 aromatic rings. The molecular formula is C17H34N2O. The minimum atomic E-state index is 0.241. The molecule has 0 amide bonds. The molecule has 0 bridgehead atoms. The van der Waals surface area contributed by atoms with E-state index in [0.717, 1.165) is 37.5 Å². The van der Waals surface area contributed by atoms with E-state index in [1.165, 1.54) is 45.1 Å².